The molecule has 1 aliphatic rings. The normalized spacial score (nSPS) is 16.6. The van der Waals surface area contributed by atoms with E-state index in [2.05, 4.69) is 22.4 Å². The van der Waals surface area contributed by atoms with Crippen LogP contribution in [-0.4, -0.2) is 44.6 Å². The van der Waals surface area contributed by atoms with Gasteiger partial charge >= 0.3 is 0 Å². The second kappa shape index (κ2) is 7.55. The predicted molar refractivity (Wildman–Crippen MR) is 104 cm³/mol. The molecule has 1 amide bonds. The predicted octanol–water partition coefficient (Wildman–Crippen LogP) is 1.47. The fourth-order valence-electron chi connectivity index (χ4n) is 3.32. The third kappa shape index (κ3) is 3.68. The zero-order chi connectivity index (χ0) is 19.7. The molecule has 1 unspecified atom stereocenters. The van der Waals surface area contributed by atoms with Crippen LogP contribution in [-0.2, 0) is 16.1 Å². The lowest BCUT2D eigenvalue weighted by molar-refractivity contribution is -0.122. The van der Waals surface area contributed by atoms with Crippen LogP contribution in [0.5, 0.6) is 0 Å². The van der Waals surface area contributed by atoms with E-state index in [0.29, 0.717) is 17.8 Å². The van der Waals surface area contributed by atoms with Crippen LogP contribution in [0.1, 0.15) is 24.0 Å². The molecule has 1 fully saturated rings. The average molecular weight is 381 g/mol. The SMILES string of the molecule is Cc1ccc(-c2cc3c(=O)n(CC(=O)NCC4CCCO4)ncn3n2)cc1C. The molecule has 4 rings (SSSR count). The maximum Gasteiger partial charge on any atom is 0.293 e. The highest BCUT2D eigenvalue weighted by Gasteiger charge is 2.17. The topological polar surface area (TPSA) is 90.5 Å². The number of carbonyl (C=O) groups excluding carboxylic acids is 1. The van der Waals surface area contributed by atoms with Gasteiger partial charge in [-0.25, -0.2) is 9.20 Å². The van der Waals surface area contributed by atoms with Gasteiger partial charge in [0.25, 0.3) is 5.56 Å². The molecule has 146 valence electrons. The molecule has 0 saturated carbocycles. The molecule has 1 atom stereocenters. The standard InChI is InChI=1S/C20H23N5O3/c1-13-5-6-15(8-14(13)2)17-9-18-20(27)24(22-12-25(18)23-17)11-19(26)21-10-16-4-3-7-28-16/h5-6,8-9,12,16H,3-4,7,10-11H2,1-2H3,(H,21,26). The summed E-state index contributed by atoms with van der Waals surface area (Å²) in [5.41, 5.74) is 4.03. The van der Waals surface area contributed by atoms with E-state index in [1.807, 2.05) is 25.1 Å². The fraction of sp³-hybridized carbons (Fsp3) is 0.400. The van der Waals surface area contributed by atoms with Crippen molar-refractivity contribution in [3.05, 3.63) is 52.1 Å². The number of ether oxygens (including phenoxy) is 1. The number of aryl methyl sites for hydroxylation is 2. The van der Waals surface area contributed by atoms with E-state index in [0.717, 1.165) is 35.3 Å². The molecule has 8 heteroatoms. The van der Waals surface area contributed by atoms with E-state index in [4.69, 9.17) is 4.74 Å². The highest BCUT2D eigenvalue weighted by atomic mass is 16.5. The largest absolute Gasteiger partial charge is 0.376 e. The van der Waals surface area contributed by atoms with Crippen LogP contribution >= 0.6 is 0 Å². The summed E-state index contributed by atoms with van der Waals surface area (Å²) in [6.45, 7) is 5.15. The van der Waals surface area contributed by atoms with Gasteiger partial charge in [-0.3, -0.25) is 9.59 Å². The van der Waals surface area contributed by atoms with Crippen LogP contribution in [0.25, 0.3) is 16.8 Å². The summed E-state index contributed by atoms with van der Waals surface area (Å²) in [6, 6.07) is 7.79. The molecule has 3 heterocycles. The molecule has 3 aromatic rings. The Kier molecular flexibility index (Phi) is 4.95. The number of aromatic nitrogens is 4. The van der Waals surface area contributed by atoms with Gasteiger partial charge in [0, 0.05) is 18.7 Å². The summed E-state index contributed by atoms with van der Waals surface area (Å²) < 4.78 is 8.10. The van der Waals surface area contributed by atoms with Gasteiger partial charge < -0.3 is 10.1 Å². The van der Waals surface area contributed by atoms with E-state index in [-0.39, 0.29) is 24.1 Å². The van der Waals surface area contributed by atoms with Crippen LogP contribution in [0.15, 0.2) is 35.4 Å². The second-order valence-corrected chi connectivity index (χ2v) is 7.19. The molecule has 1 N–H and O–H groups in total. The van der Waals surface area contributed by atoms with Crippen LogP contribution in [0.4, 0.5) is 0 Å². The number of benzene rings is 1. The first-order valence-corrected chi connectivity index (χ1v) is 9.43. The molecule has 0 radical (unpaired) electrons. The van der Waals surface area contributed by atoms with Crippen molar-refractivity contribution in [2.75, 3.05) is 13.2 Å². The number of amides is 1. The summed E-state index contributed by atoms with van der Waals surface area (Å²) in [4.78, 5) is 24.9. The van der Waals surface area contributed by atoms with Gasteiger partial charge in [0.2, 0.25) is 5.91 Å². The van der Waals surface area contributed by atoms with Crippen LogP contribution < -0.4 is 10.9 Å². The average Bonchev–Trinajstić information content (AvgIpc) is 3.34. The molecule has 1 aromatic carbocycles. The van der Waals surface area contributed by atoms with Crippen LogP contribution in [0, 0.1) is 13.8 Å². The third-order valence-electron chi connectivity index (χ3n) is 5.14. The minimum atomic E-state index is -0.350. The number of rotatable bonds is 5. The zero-order valence-electron chi connectivity index (χ0n) is 16.0. The first-order valence-electron chi connectivity index (χ1n) is 9.43. The Balaban J connectivity index is 1.54. The highest BCUT2D eigenvalue weighted by molar-refractivity contribution is 5.75. The third-order valence-corrected chi connectivity index (χ3v) is 5.14. The maximum absolute atomic E-state index is 12.7. The quantitative estimate of drug-likeness (QED) is 0.723. The number of hydrogen-bond donors (Lipinski definition) is 1. The minimum Gasteiger partial charge on any atom is -0.376 e. The van der Waals surface area contributed by atoms with Crippen molar-refractivity contribution < 1.29 is 9.53 Å². The number of fused-ring (bicyclic) bond motifs is 1. The zero-order valence-corrected chi connectivity index (χ0v) is 16.0. The smallest absolute Gasteiger partial charge is 0.293 e. The Morgan fingerprint density at radius 1 is 1.29 bits per heavy atom. The molecule has 0 bridgehead atoms. The Morgan fingerprint density at radius 2 is 2.14 bits per heavy atom. The molecule has 0 spiro atoms. The Morgan fingerprint density at radius 3 is 2.89 bits per heavy atom. The van der Waals surface area contributed by atoms with E-state index >= 15 is 0 Å². The first kappa shape index (κ1) is 18.4. The maximum atomic E-state index is 12.7. The van der Waals surface area contributed by atoms with Crippen molar-refractivity contribution in [1.29, 1.82) is 0 Å². The van der Waals surface area contributed by atoms with E-state index in [1.54, 1.807) is 6.07 Å². The number of carbonyl (C=O) groups is 1. The molecule has 8 nitrogen and oxygen atoms in total. The van der Waals surface area contributed by atoms with Crippen molar-refractivity contribution in [2.24, 2.45) is 0 Å². The number of hydrogen-bond acceptors (Lipinski definition) is 5. The van der Waals surface area contributed by atoms with Gasteiger partial charge in [0.1, 0.15) is 18.4 Å². The Hall–Kier alpha value is -3.00. The van der Waals surface area contributed by atoms with Gasteiger partial charge in [-0.15, -0.1) is 0 Å². The van der Waals surface area contributed by atoms with Gasteiger partial charge in [0.15, 0.2) is 0 Å². The van der Waals surface area contributed by atoms with E-state index < -0.39 is 0 Å². The molecular weight excluding hydrogens is 358 g/mol. The van der Waals surface area contributed by atoms with E-state index in [9.17, 15) is 9.59 Å². The Labute approximate surface area is 162 Å². The van der Waals surface area contributed by atoms with Crippen LogP contribution in [0.3, 0.4) is 0 Å². The van der Waals surface area contributed by atoms with Crippen molar-refractivity contribution in [2.45, 2.75) is 39.3 Å². The van der Waals surface area contributed by atoms with Gasteiger partial charge in [0.05, 0.1) is 11.8 Å². The summed E-state index contributed by atoms with van der Waals surface area (Å²) >= 11 is 0. The highest BCUT2D eigenvalue weighted by Crippen LogP contribution is 2.21. The molecular formula is C20H23N5O3. The number of nitrogens with one attached hydrogen (secondary N) is 1. The summed E-state index contributed by atoms with van der Waals surface area (Å²) in [5.74, 6) is -0.261. The minimum absolute atomic E-state index is 0.0615. The summed E-state index contributed by atoms with van der Waals surface area (Å²) in [5, 5.41) is 11.3. The summed E-state index contributed by atoms with van der Waals surface area (Å²) in [7, 11) is 0. The van der Waals surface area contributed by atoms with Gasteiger partial charge in [-0.1, -0.05) is 12.1 Å². The Bertz CT molecular complexity index is 1080. The second-order valence-electron chi connectivity index (χ2n) is 7.19. The van der Waals surface area contributed by atoms with Crippen molar-refractivity contribution in [1.82, 2.24) is 24.7 Å². The molecule has 0 aliphatic carbocycles. The van der Waals surface area contributed by atoms with Crippen molar-refractivity contribution in [3.63, 3.8) is 0 Å². The molecule has 28 heavy (non-hydrogen) atoms. The lowest BCUT2D eigenvalue weighted by atomic mass is 10.0. The summed E-state index contributed by atoms with van der Waals surface area (Å²) in [6.07, 6.45) is 3.48. The van der Waals surface area contributed by atoms with Crippen LogP contribution in [0.2, 0.25) is 0 Å². The van der Waals surface area contributed by atoms with Gasteiger partial charge in [-0.2, -0.15) is 10.2 Å². The van der Waals surface area contributed by atoms with Gasteiger partial charge in [-0.05, 0) is 49.9 Å². The lowest BCUT2D eigenvalue weighted by Crippen LogP contribution is -2.37. The monoisotopic (exact) mass is 381 g/mol. The van der Waals surface area contributed by atoms with Crippen molar-refractivity contribution >= 4 is 11.4 Å². The van der Waals surface area contributed by atoms with E-state index in [1.165, 1.54) is 16.4 Å². The molecule has 1 saturated heterocycles. The lowest BCUT2D eigenvalue weighted by Gasteiger charge is -2.11. The molecule has 1 aliphatic heterocycles. The fourth-order valence-corrected chi connectivity index (χ4v) is 3.32. The number of nitrogens with zero attached hydrogens (tertiary/aromatic N) is 4. The van der Waals surface area contributed by atoms with Crippen molar-refractivity contribution in [3.8, 4) is 11.3 Å². The molecule has 2 aromatic heterocycles. The first-order chi connectivity index (χ1) is 13.5.